The van der Waals surface area contributed by atoms with E-state index in [4.69, 9.17) is 5.73 Å². The highest BCUT2D eigenvalue weighted by Gasteiger charge is 2.35. The Morgan fingerprint density at radius 3 is 2.80 bits per heavy atom. The summed E-state index contributed by atoms with van der Waals surface area (Å²) >= 11 is 3.25. The lowest BCUT2D eigenvalue weighted by molar-refractivity contribution is 0.315. The van der Waals surface area contributed by atoms with Gasteiger partial charge in [0, 0.05) is 25.2 Å². The van der Waals surface area contributed by atoms with Crippen molar-refractivity contribution in [3.8, 4) is 0 Å². The number of halogens is 2. The first-order valence-corrected chi connectivity index (χ1v) is 7.79. The normalized spacial score (nSPS) is 23.8. The SMILES string of the molecule is Nc1nc2cc(F)c(Br)cc2n1C1CCN(C2CC2)C1. The molecular weight excluding hydrogens is 323 g/mol. The van der Waals surface area contributed by atoms with Crippen LogP contribution in [-0.4, -0.2) is 33.6 Å². The van der Waals surface area contributed by atoms with Crippen LogP contribution in [0.5, 0.6) is 0 Å². The molecule has 1 aliphatic carbocycles. The number of fused-ring (bicyclic) bond motifs is 1. The maximum atomic E-state index is 13.6. The molecule has 6 heteroatoms. The quantitative estimate of drug-likeness (QED) is 0.915. The van der Waals surface area contributed by atoms with Crippen molar-refractivity contribution in [1.82, 2.24) is 14.5 Å². The molecule has 106 valence electrons. The van der Waals surface area contributed by atoms with Crippen molar-refractivity contribution < 1.29 is 4.39 Å². The molecule has 0 bridgehead atoms. The predicted molar refractivity (Wildman–Crippen MR) is 80.1 cm³/mol. The van der Waals surface area contributed by atoms with Gasteiger partial charge in [-0.15, -0.1) is 0 Å². The first-order chi connectivity index (χ1) is 9.63. The molecule has 1 aromatic heterocycles. The lowest BCUT2D eigenvalue weighted by Crippen LogP contribution is -2.24. The van der Waals surface area contributed by atoms with Crippen LogP contribution in [0.2, 0.25) is 0 Å². The molecule has 20 heavy (non-hydrogen) atoms. The number of anilines is 1. The minimum Gasteiger partial charge on any atom is -0.369 e. The number of hydrogen-bond donors (Lipinski definition) is 1. The van der Waals surface area contributed by atoms with E-state index in [1.807, 2.05) is 0 Å². The van der Waals surface area contributed by atoms with Gasteiger partial charge in [-0.3, -0.25) is 4.90 Å². The number of nitrogens with two attached hydrogens (primary N) is 1. The van der Waals surface area contributed by atoms with Gasteiger partial charge in [0.25, 0.3) is 0 Å². The Hall–Kier alpha value is -1.14. The summed E-state index contributed by atoms with van der Waals surface area (Å²) in [6.07, 6.45) is 3.73. The van der Waals surface area contributed by atoms with Crippen molar-refractivity contribution in [2.45, 2.75) is 31.3 Å². The Balaban J connectivity index is 1.75. The van der Waals surface area contributed by atoms with Crippen LogP contribution in [-0.2, 0) is 0 Å². The minimum atomic E-state index is -0.298. The Morgan fingerprint density at radius 2 is 2.05 bits per heavy atom. The van der Waals surface area contributed by atoms with Crippen LogP contribution in [0, 0.1) is 5.82 Å². The van der Waals surface area contributed by atoms with Crippen LogP contribution in [0.4, 0.5) is 10.3 Å². The van der Waals surface area contributed by atoms with E-state index in [9.17, 15) is 4.39 Å². The fourth-order valence-corrected chi connectivity index (χ4v) is 3.57. The topological polar surface area (TPSA) is 47.1 Å². The van der Waals surface area contributed by atoms with E-state index in [0.29, 0.717) is 22.0 Å². The third-order valence-electron chi connectivity index (χ3n) is 4.38. The summed E-state index contributed by atoms with van der Waals surface area (Å²) in [6, 6.07) is 4.35. The van der Waals surface area contributed by atoms with Gasteiger partial charge >= 0.3 is 0 Å². The molecule has 2 heterocycles. The Morgan fingerprint density at radius 1 is 1.25 bits per heavy atom. The molecule has 1 saturated carbocycles. The maximum Gasteiger partial charge on any atom is 0.201 e. The van der Waals surface area contributed by atoms with Crippen molar-refractivity contribution in [2.75, 3.05) is 18.8 Å². The van der Waals surface area contributed by atoms with Crippen molar-refractivity contribution in [3.05, 3.63) is 22.4 Å². The average Bonchev–Trinajstić information content (AvgIpc) is 3.06. The van der Waals surface area contributed by atoms with E-state index in [2.05, 4.69) is 30.4 Å². The van der Waals surface area contributed by atoms with Gasteiger partial charge in [0.15, 0.2) is 0 Å². The van der Waals surface area contributed by atoms with E-state index in [0.717, 1.165) is 31.1 Å². The van der Waals surface area contributed by atoms with Gasteiger partial charge in [-0.2, -0.15) is 0 Å². The molecule has 0 amide bonds. The number of imidazole rings is 1. The Kier molecular flexibility index (Phi) is 2.79. The number of hydrogen-bond acceptors (Lipinski definition) is 3. The van der Waals surface area contributed by atoms with E-state index in [-0.39, 0.29) is 5.82 Å². The van der Waals surface area contributed by atoms with E-state index >= 15 is 0 Å². The van der Waals surface area contributed by atoms with Crippen LogP contribution in [0.1, 0.15) is 25.3 Å². The van der Waals surface area contributed by atoms with Crippen molar-refractivity contribution >= 4 is 32.9 Å². The summed E-state index contributed by atoms with van der Waals surface area (Å²) in [5.74, 6) is 0.188. The highest BCUT2D eigenvalue weighted by molar-refractivity contribution is 9.10. The van der Waals surface area contributed by atoms with Crippen LogP contribution in [0.3, 0.4) is 0 Å². The van der Waals surface area contributed by atoms with Gasteiger partial charge in [0.1, 0.15) is 5.82 Å². The zero-order valence-electron chi connectivity index (χ0n) is 11.0. The van der Waals surface area contributed by atoms with E-state index in [1.165, 1.54) is 18.9 Å². The Labute approximate surface area is 124 Å². The summed E-state index contributed by atoms with van der Waals surface area (Å²) in [5.41, 5.74) is 7.61. The zero-order chi connectivity index (χ0) is 13.9. The number of rotatable bonds is 2. The molecule has 1 atom stereocenters. The fraction of sp³-hybridized carbons (Fsp3) is 0.500. The molecule has 2 aliphatic rings. The summed E-state index contributed by atoms with van der Waals surface area (Å²) in [6.45, 7) is 2.14. The molecule has 2 aromatic rings. The van der Waals surface area contributed by atoms with E-state index < -0.39 is 0 Å². The van der Waals surface area contributed by atoms with Gasteiger partial charge in [-0.05, 0) is 41.3 Å². The third kappa shape index (κ3) is 1.93. The average molecular weight is 339 g/mol. The molecule has 4 rings (SSSR count). The summed E-state index contributed by atoms with van der Waals surface area (Å²) < 4.78 is 16.1. The molecule has 2 fully saturated rings. The third-order valence-corrected chi connectivity index (χ3v) is 4.99. The largest absolute Gasteiger partial charge is 0.369 e. The number of aromatic nitrogens is 2. The van der Waals surface area contributed by atoms with Crippen LogP contribution >= 0.6 is 15.9 Å². The van der Waals surface area contributed by atoms with Crippen LogP contribution < -0.4 is 5.73 Å². The highest BCUT2D eigenvalue weighted by atomic mass is 79.9. The molecule has 0 radical (unpaired) electrons. The molecule has 1 aliphatic heterocycles. The first-order valence-electron chi connectivity index (χ1n) is 7.00. The molecule has 1 aromatic carbocycles. The fourth-order valence-electron chi connectivity index (χ4n) is 3.24. The number of nitrogens with zero attached hydrogens (tertiary/aromatic N) is 3. The van der Waals surface area contributed by atoms with Gasteiger partial charge in [-0.25, -0.2) is 9.37 Å². The second-order valence-electron chi connectivity index (χ2n) is 5.76. The number of nitrogen functional groups attached to an aromatic ring is 1. The highest BCUT2D eigenvalue weighted by Crippen LogP contribution is 2.36. The second-order valence-corrected chi connectivity index (χ2v) is 6.62. The minimum absolute atomic E-state index is 0.298. The zero-order valence-corrected chi connectivity index (χ0v) is 12.6. The van der Waals surface area contributed by atoms with Gasteiger partial charge in [-0.1, -0.05) is 0 Å². The van der Waals surface area contributed by atoms with Crippen molar-refractivity contribution in [2.24, 2.45) is 0 Å². The monoisotopic (exact) mass is 338 g/mol. The molecule has 4 nitrogen and oxygen atoms in total. The second kappa shape index (κ2) is 4.43. The number of likely N-dealkylation sites (tertiary alicyclic amines) is 1. The number of benzene rings is 1. The van der Waals surface area contributed by atoms with Gasteiger partial charge in [0.2, 0.25) is 5.95 Å². The molecule has 1 saturated heterocycles. The smallest absolute Gasteiger partial charge is 0.201 e. The standard InChI is InChI=1S/C14H16BrFN4/c15-10-5-13-12(6-11(10)16)18-14(17)20(13)9-3-4-19(7-9)8-1-2-8/h5-6,8-9H,1-4,7H2,(H2,17,18). The molecular formula is C14H16BrFN4. The molecule has 0 spiro atoms. The molecule has 1 unspecified atom stereocenters. The van der Waals surface area contributed by atoms with Crippen molar-refractivity contribution in [1.29, 1.82) is 0 Å². The maximum absolute atomic E-state index is 13.6. The summed E-state index contributed by atoms with van der Waals surface area (Å²) in [4.78, 5) is 6.84. The lowest BCUT2D eigenvalue weighted by atomic mass is 10.2. The lowest BCUT2D eigenvalue weighted by Gasteiger charge is -2.17. The first kappa shape index (κ1) is 12.6. The summed E-state index contributed by atoms with van der Waals surface area (Å²) in [7, 11) is 0. The van der Waals surface area contributed by atoms with Crippen LogP contribution in [0.25, 0.3) is 11.0 Å². The van der Waals surface area contributed by atoms with E-state index in [1.54, 1.807) is 6.07 Å². The molecule has 2 N–H and O–H groups in total. The van der Waals surface area contributed by atoms with Crippen molar-refractivity contribution in [3.63, 3.8) is 0 Å². The van der Waals surface area contributed by atoms with Gasteiger partial charge < -0.3 is 10.3 Å². The predicted octanol–water partition coefficient (Wildman–Crippen LogP) is 2.93. The van der Waals surface area contributed by atoms with Crippen LogP contribution in [0.15, 0.2) is 16.6 Å². The summed E-state index contributed by atoms with van der Waals surface area (Å²) in [5, 5.41) is 0. The Bertz CT molecular complexity index is 679. The van der Waals surface area contributed by atoms with Gasteiger partial charge in [0.05, 0.1) is 21.5 Å².